The topological polar surface area (TPSA) is 108 Å². The minimum atomic E-state index is -0.397. The van der Waals surface area contributed by atoms with Crippen LogP contribution in [0.5, 0.6) is 11.5 Å². The van der Waals surface area contributed by atoms with Crippen molar-refractivity contribution in [3.8, 4) is 17.6 Å². The van der Waals surface area contributed by atoms with Crippen molar-refractivity contribution in [2.24, 2.45) is 5.73 Å². The molecule has 1 atom stereocenters. The second-order valence-corrected chi connectivity index (χ2v) is 5.45. The number of benzene rings is 2. The molecule has 3 rings (SSSR count). The Balaban J connectivity index is 2.08. The van der Waals surface area contributed by atoms with E-state index in [9.17, 15) is 15.2 Å². The Bertz CT molecular complexity index is 879. The molecular weight excluding hydrogens is 306 g/mol. The number of aromatic hydroxyl groups is 1. The van der Waals surface area contributed by atoms with Crippen molar-refractivity contribution in [1.82, 2.24) is 0 Å². The first kappa shape index (κ1) is 15.4. The van der Waals surface area contributed by atoms with Gasteiger partial charge in [0.25, 0.3) is 0 Å². The Hall–Kier alpha value is -3.46. The van der Waals surface area contributed by atoms with E-state index in [4.69, 9.17) is 10.5 Å². The number of nitrogens with one attached hydrogen (secondary N) is 1. The number of hydrogen-bond donors (Lipinski definition) is 3. The van der Waals surface area contributed by atoms with E-state index in [0.717, 1.165) is 11.1 Å². The minimum absolute atomic E-state index is 0.0199. The number of nitrogens with two attached hydrogens (primary N) is 1. The second-order valence-electron chi connectivity index (χ2n) is 5.45. The maximum Gasteiger partial charge on any atom is 0.221 e. The van der Waals surface area contributed by atoms with Crippen LogP contribution in [0.2, 0.25) is 0 Å². The molecule has 0 aliphatic carbocycles. The van der Waals surface area contributed by atoms with E-state index in [-0.39, 0.29) is 17.5 Å². The van der Waals surface area contributed by atoms with Gasteiger partial charge >= 0.3 is 0 Å². The zero-order valence-corrected chi connectivity index (χ0v) is 12.9. The van der Waals surface area contributed by atoms with Gasteiger partial charge < -0.3 is 20.9 Å². The smallest absolute Gasteiger partial charge is 0.221 e. The lowest BCUT2D eigenvalue weighted by Gasteiger charge is -2.26. The molecule has 0 saturated heterocycles. The monoisotopic (exact) mass is 321 g/mol. The summed E-state index contributed by atoms with van der Waals surface area (Å²) in [5, 5.41) is 21.8. The quantitative estimate of drug-likeness (QED) is 0.787. The normalized spacial score (nSPS) is 15.9. The Kier molecular flexibility index (Phi) is 3.84. The molecule has 1 unspecified atom stereocenters. The van der Waals surface area contributed by atoms with Gasteiger partial charge in [-0.1, -0.05) is 18.2 Å². The molecule has 1 heterocycles. The fourth-order valence-electron chi connectivity index (χ4n) is 2.75. The van der Waals surface area contributed by atoms with Crippen LogP contribution in [0, 0.1) is 11.3 Å². The number of nitrogens with zero attached hydrogens (tertiary/aromatic N) is 1. The number of carbonyl (C=O) groups excluding carboxylic acids is 1. The fraction of sp³-hybridized carbons (Fsp3) is 0.111. The van der Waals surface area contributed by atoms with Crippen LogP contribution in [0.4, 0.5) is 5.69 Å². The van der Waals surface area contributed by atoms with E-state index in [1.165, 1.54) is 19.1 Å². The highest BCUT2D eigenvalue weighted by Crippen LogP contribution is 2.43. The summed E-state index contributed by atoms with van der Waals surface area (Å²) in [6, 6.07) is 14.0. The number of nitriles is 1. The first-order chi connectivity index (χ1) is 11.5. The third-order valence-corrected chi connectivity index (χ3v) is 3.77. The summed E-state index contributed by atoms with van der Waals surface area (Å²) in [6.45, 7) is 1.44. The van der Waals surface area contributed by atoms with Crippen LogP contribution >= 0.6 is 0 Å². The van der Waals surface area contributed by atoms with E-state index in [0.29, 0.717) is 17.0 Å². The number of amides is 1. The predicted molar refractivity (Wildman–Crippen MR) is 88.1 cm³/mol. The number of carbonyl (C=O) groups is 1. The molecule has 0 fully saturated rings. The van der Waals surface area contributed by atoms with Crippen molar-refractivity contribution < 1.29 is 14.6 Å². The number of anilines is 1. The van der Waals surface area contributed by atoms with E-state index in [1.54, 1.807) is 18.2 Å². The molecule has 1 aliphatic rings. The molecule has 0 bridgehead atoms. The largest absolute Gasteiger partial charge is 0.508 e. The lowest BCUT2D eigenvalue weighted by Crippen LogP contribution is -2.21. The lowest BCUT2D eigenvalue weighted by molar-refractivity contribution is -0.114. The van der Waals surface area contributed by atoms with Crippen molar-refractivity contribution in [1.29, 1.82) is 5.26 Å². The molecule has 6 heteroatoms. The summed E-state index contributed by atoms with van der Waals surface area (Å²) in [5.41, 5.74) is 8.42. The first-order valence-corrected chi connectivity index (χ1v) is 7.27. The second kappa shape index (κ2) is 5.97. The number of fused-ring (bicyclic) bond motifs is 1. The Morgan fingerprint density at radius 3 is 2.62 bits per heavy atom. The van der Waals surface area contributed by atoms with Gasteiger partial charge in [-0.15, -0.1) is 0 Å². The maximum absolute atomic E-state index is 11.1. The molecule has 1 aliphatic heterocycles. The zero-order valence-electron chi connectivity index (χ0n) is 12.9. The van der Waals surface area contributed by atoms with Crippen molar-refractivity contribution in [3.63, 3.8) is 0 Å². The summed E-state index contributed by atoms with van der Waals surface area (Å²) in [5.74, 6) is -0.0575. The number of ether oxygens (including phenoxy) is 1. The van der Waals surface area contributed by atoms with Gasteiger partial charge in [-0.25, -0.2) is 0 Å². The number of hydrogen-bond acceptors (Lipinski definition) is 5. The van der Waals surface area contributed by atoms with E-state index in [1.807, 2.05) is 12.1 Å². The highest BCUT2D eigenvalue weighted by atomic mass is 16.5. The maximum atomic E-state index is 11.1. The molecule has 24 heavy (non-hydrogen) atoms. The van der Waals surface area contributed by atoms with Crippen molar-refractivity contribution in [2.45, 2.75) is 12.8 Å². The van der Waals surface area contributed by atoms with Crippen molar-refractivity contribution in [3.05, 3.63) is 65.0 Å². The van der Waals surface area contributed by atoms with Crippen molar-refractivity contribution >= 4 is 11.6 Å². The standard InChI is InChI=1S/C18H15N3O3/c1-10(22)21-12-4-2-11(3-5-12)17-14-7-6-13(23)8-16(14)24-18(20)15(17)9-19/h2-8,17,23H,20H2,1H3,(H,21,22). The molecule has 0 radical (unpaired) electrons. The average Bonchev–Trinajstić information content (AvgIpc) is 2.53. The van der Waals surface area contributed by atoms with Gasteiger partial charge in [-0.2, -0.15) is 5.26 Å². The molecule has 2 aromatic rings. The van der Waals surface area contributed by atoms with Gasteiger partial charge in [-0.3, -0.25) is 4.79 Å². The molecule has 0 spiro atoms. The third kappa shape index (κ3) is 2.75. The summed E-state index contributed by atoms with van der Waals surface area (Å²) < 4.78 is 5.46. The van der Waals surface area contributed by atoms with Gasteiger partial charge in [-0.05, 0) is 23.8 Å². The minimum Gasteiger partial charge on any atom is -0.508 e. The Morgan fingerprint density at radius 1 is 1.29 bits per heavy atom. The molecule has 1 amide bonds. The molecule has 0 aromatic heterocycles. The Labute approximate surface area is 138 Å². The SMILES string of the molecule is CC(=O)Nc1ccc(C2C(C#N)=C(N)Oc3cc(O)ccc32)cc1. The lowest BCUT2D eigenvalue weighted by atomic mass is 9.83. The summed E-state index contributed by atoms with van der Waals surface area (Å²) in [4.78, 5) is 11.1. The molecule has 2 aromatic carbocycles. The fourth-order valence-corrected chi connectivity index (χ4v) is 2.75. The van der Waals surface area contributed by atoms with Crippen LogP contribution < -0.4 is 15.8 Å². The first-order valence-electron chi connectivity index (χ1n) is 7.27. The highest BCUT2D eigenvalue weighted by molar-refractivity contribution is 5.88. The van der Waals surface area contributed by atoms with Gasteiger partial charge in [0.05, 0.1) is 5.92 Å². The van der Waals surface area contributed by atoms with Crippen LogP contribution in [0.15, 0.2) is 53.9 Å². The third-order valence-electron chi connectivity index (χ3n) is 3.77. The molecule has 6 nitrogen and oxygen atoms in total. The van der Waals surface area contributed by atoms with E-state index >= 15 is 0 Å². The van der Waals surface area contributed by atoms with Crippen LogP contribution in [-0.4, -0.2) is 11.0 Å². The van der Waals surface area contributed by atoms with Crippen LogP contribution in [0.3, 0.4) is 0 Å². The van der Waals surface area contributed by atoms with Gasteiger partial charge in [0.15, 0.2) is 0 Å². The Morgan fingerprint density at radius 2 is 2.00 bits per heavy atom. The zero-order chi connectivity index (χ0) is 17.3. The summed E-state index contributed by atoms with van der Waals surface area (Å²) in [7, 11) is 0. The van der Waals surface area contributed by atoms with Crippen LogP contribution in [0.1, 0.15) is 24.0 Å². The van der Waals surface area contributed by atoms with Gasteiger partial charge in [0, 0.05) is 24.2 Å². The predicted octanol–water partition coefficient (Wildman–Crippen LogP) is 2.57. The van der Waals surface area contributed by atoms with E-state index in [2.05, 4.69) is 11.4 Å². The van der Waals surface area contributed by atoms with Crippen molar-refractivity contribution in [2.75, 3.05) is 5.32 Å². The molecule has 4 N–H and O–H groups in total. The summed E-state index contributed by atoms with van der Waals surface area (Å²) in [6.07, 6.45) is 0. The molecule has 120 valence electrons. The molecule has 0 saturated carbocycles. The van der Waals surface area contributed by atoms with E-state index < -0.39 is 5.92 Å². The van der Waals surface area contributed by atoms with Gasteiger partial charge in [0.2, 0.25) is 11.8 Å². The number of allylic oxidation sites excluding steroid dienone is 1. The number of phenols is 1. The number of phenolic OH excluding ortho intramolecular Hbond substituents is 1. The highest BCUT2D eigenvalue weighted by Gasteiger charge is 2.30. The number of rotatable bonds is 2. The van der Waals surface area contributed by atoms with Crippen LogP contribution in [-0.2, 0) is 4.79 Å². The average molecular weight is 321 g/mol. The molecular formula is C18H15N3O3. The van der Waals surface area contributed by atoms with Crippen LogP contribution in [0.25, 0.3) is 0 Å². The summed E-state index contributed by atoms with van der Waals surface area (Å²) >= 11 is 0. The van der Waals surface area contributed by atoms with Gasteiger partial charge in [0.1, 0.15) is 23.1 Å².